The Kier molecular flexibility index (Phi) is 4.03. The normalized spacial score (nSPS) is 10.6. The van der Waals surface area contributed by atoms with Crippen LogP contribution >= 0.6 is 0 Å². The quantitative estimate of drug-likeness (QED) is 0.520. The summed E-state index contributed by atoms with van der Waals surface area (Å²) in [5.41, 5.74) is 1.35. The summed E-state index contributed by atoms with van der Waals surface area (Å²) in [4.78, 5) is 27.3. The number of amides is 2. The molecular weight excluding hydrogens is 328 g/mol. The molecule has 2 amide bonds. The maximum Gasteiger partial charge on any atom is 0.267 e. The van der Waals surface area contributed by atoms with Gasteiger partial charge >= 0.3 is 0 Å². The van der Waals surface area contributed by atoms with E-state index >= 15 is 0 Å². The molecule has 5 heteroatoms. The summed E-state index contributed by atoms with van der Waals surface area (Å²) < 4.78 is 5.40. The molecule has 1 aromatic heterocycles. The number of fused-ring (bicyclic) bond motifs is 1. The van der Waals surface area contributed by atoms with Crippen LogP contribution in [0.3, 0.4) is 0 Å². The maximum atomic E-state index is 13.1. The predicted octanol–water partition coefficient (Wildman–Crippen LogP) is 4.32. The van der Waals surface area contributed by atoms with Crippen molar-refractivity contribution in [3.8, 4) is 0 Å². The average Bonchev–Trinajstić information content (AvgIpc) is 3.13. The zero-order valence-corrected chi connectivity index (χ0v) is 13.7. The van der Waals surface area contributed by atoms with Crippen molar-refractivity contribution >= 4 is 28.6 Å². The van der Waals surface area contributed by atoms with E-state index in [4.69, 9.17) is 4.52 Å². The van der Waals surface area contributed by atoms with Gasteiger partial charge in [0.2, 0.25) is 5.88 Å². The summed E-state index contributed by atoms with van der Waals surface area (Å²) in [6.07, 6.45) is 0. The fourth-order valence-corrected chi connectivity index (χ4v) is 2.73. The molecule has 0 radical (unpaired) electrons. The molecule has 0 bridgehead atoms. The van der Waals surface area contributed by atoms with Gasteiger partial charge in [-0.2, -0.15) is 0 Å². The van der Waals surface area contributed by atoms with Crippen molar-refractivity contribution in [1.82, 2.24) is 5.16 Å². The van der Waals surface area contributed by atoms with Gasteiger partial charge in [0, 0.05) is 11.1 Å². The van der Waals surface area contributed by atoms with Crippen LogP contribution in [0, 0.1) is 0 Å². The number of hydrogen-bond donors (Lipinski definition) is 0. The average molecular weight is 342 g/mol. The highest BCUT2D eigenvalue weighted by Gasteiger charge is 2.30. The third-order valence-electron chi connectivity index (χ3n) is 4.02. The second kappa shape index (κ2) is 6.64. The molecule has 4 aromatic rings. The molecule has 0 saturated carbocycles. The third-order valence-corrected chi connectivity index (χ3v) is 4.02. The molecule has 4 rings (SSSR count). The van der Waals surface area contributed by atoms with Crippen LogP contribution in [0.1, 0.15) is 20.7 Å². The van der Waals surface area contributed by atoms with E-state index in [9.17, 15) is 9.59 Å². The monoisotopic (exact) mass is 342 g/mol. The lowest BCUT2D eigenvalue weighted by molar-refractivity contribution is 0.0889. The summed E-state index contributed by atoms with van der Waals surface area (Å²) >= 11 is 0. The summed E-state index contributed by atoms with van der Waals surface area (Å²) in [7, 11) is 0. The van der Waals surface area contributed by atoms with Gasteiger partial charge in [-0.3, -0.25) is 9.59 Å². The Hall–Kier alpha value is -3.73. The van der Waals surface area contributed by atoms with Gasteiger partial charge in [0.25, 0.3) is 11.8 Å². The van der Waals surface area contributed by atoms with E-state index in [2.05, 4.69) is 5.16 Å². The molecule has 0 saturated heterocycles. The van der Waals surface area contributed by atoms with E-state index in [0.717, 1.165) is 4.90 Å². The molecule has 1 heterocycles. The van der Waals surface area contributed by atoms with Crippen LogP contribution in [0.5, 0.6) is 0 Å². The van der Waals surface area contributed by atoms with Crippen molar-refractivity contribution in [1.29, 1.82) is 0 Å². The topological polar surface area (TPSA) is 63.4 Å². The molecule has 0 aliphatic heterocycles. The highest BCUT2D eigenvalue weighted by Crippen LogP contribution is 2.29. The fraction of sp³-hybridized carbons (Fsp3) is 0. The van der Waals surface area contributed by atoms with E-state index in [-0.39, 0.29) is 5.88 Å². The summed E-state index contributed by atoms with van der Waals surface area (Å²) in [6.45, 7) is 0. The van der Waals surface area contributed by atoms with Gasteiger partial charge in [-0.15, -0.1) is 0 Å². The van der Waals surface area contributed by atoms with Crippen molar-refractivity contribution in [2.24, 2.45) is 0 Å². The molecule has 0 aliphatic rings. The van der Waals surface area contributed by atoms with E-state index in [0.29, 0.717) is 22.0 Å². The first-order valence-electron chi connectivity index (χ1n) is 8.09. The SMILES string of the molecule is O=C(c1ccccc1)N(C(=O)c1ccccc1)c1onc2ccccc12. The van der Waals surface area contributed by atoms with Crippen LogP contribution in [0.25, 0.3) is 10.9 Å². The Labute approximate surface area is 149 Å². The number of rotatable bonds is 3. The third kappa shape index (κ3) is 2.75. The lowest BCUT2D eigenvalue weighted by atomic mass is 10.1. The number of nitrogens with zero attached hydrogens (tertiary/aromatic N) is 2. The fourth-order valence-electron chi connectivity index (χ4n) is 2.73. The lowest BCUT2D eigenvalue weighted by Gasteiger charge is -2.18. The number of carbonyl (C=O) groups is 2. The number of imide groups is 1. The van der Waals surface area contributed by atoms with E-state index < -0.39 is 11.8 Å². The minimum absolute atomic E-state index is 0.114. The van der Waals surface area contributed by atoms with Crippen LogP contribution in [0.2, 0.25) is 0 Å². The molecule has 5 nitrogen and oxygen atoms in total. The Balaban J connectivity index is 1.87. The van der Waals surface area contributed by atoms with E-state index in [1.54, 1.807) is 66.7 Å². The van der Waals surface area contributed by atoms with Gasteiger partial charge in [0.05, 0.1) is 5.39 Å². The van der Waals surface area contributed by atoms with Crippen molar-refractivity contribution in [2.75, 3.05) is 4.90 Å². The first-order valence-corrected chi connectivity index (χ1v) is 8.09. The summed E-state index contributed by atoms with van der Waals surface area (Å²) in [6, 6.07) is 24.4. The largest absolute Gasteiger partial charge is 0.336 e. The predicted molar refractivity (Wildman–Crippen MR) is 98.0 cm³/mol. The summed E-state index contributed by atoms with van der Waals surface area (Å²) in [5.74, 6) is -0.828. The molecule has 0 fully saturated rings. The first kappa shape index (κ1) is 15.8. The second-order valence-corrected chi connectivity index (χ2v) is 5.68. The van der Waals surface area contributed by atoms with Gasteiger partial charge in [-0.1, -0.05) is 53.7 Å². The molecule has 0 spiro atoms. The van der Waals surface area contributed by atoms with Gasteiger partial charge < -0.3 is 4.52 Å². The first-order chi connectivity index (χ1) is 12.8. The molecule has 0 atom stereocenters. The number of carbonyl (C=O) groups excluding carboxylic acids is 2. The maximum absolute atomic E-state index is 13.1. The Morgan fingerprint density at radius 1 is 0.692 bits per heavy atom. The van der Waals surface area contributed by atoms with Crippen molar-refractivity contribution < 1.29 is 14.1 Å². The van der Waals surface area contributed by atoms with Crippen LogP contribution in [-0.4, -0.2) is 17.0 Å². The highest BCUT2D eigenvalue weighted by molar-refractivity contribution is 6.27. The molecule has 0 unspecified atom stereocenters. The van der Waals surface area contributed by atoms with Gasteiger partial charge in [-0.25, -0.2) is 4.90 Å². The summed E-state index contributed by atoms with van der Waals surface area (Å²) in [5, 5.41) is 4.57. The van der Waals surface area contributed by atoms with Crippen LogP contribution in [0.4, 0.5) is 5.88 Å². The smallest absolute Gasteiger partial charge is 0.267 e. The number of anilines is 1. The van der Waals surface area contributed by atoms with Gasteiger partial charge in [0.15, 0.2) is 0 Å². The molecule has 3 aromatic carbocycles. The highest BCUT2D eigenvalue weighted by atomic mass is 16.5. The zero-order valence-electron chi connectivity index (χ0n) is 13.7. The number of aromatic nitrogens is 1. The zero-order chi connectivity index (χ0) is 17.9. The Morgan fingerprint density at radius 2 is 1.19 bits per heavy atom. The van der Waals surface area contributed by atoms with E-state index in [1.807, 2.05) is 18.2 Å². The number of benzene rings is 3. The minimum Gasteiger partial charge on any atom is -0.336 e. The standard InChI is InChI=1S/C21H14N2O3/c24-19(15-9-3-1-4-10-15)23(20(25)16-11-5-2-6-12-16)21-17-13-7-8-14-18(17)22-26-21/h1-14H. The Bertz CT molecular complexity index is 1020. The Morgan fingerprint density at radius 3 is 1.77 bits per heavy atom. The van der Waals surface area contributed by atoms with Crippen LogP contribution in [0.15, 0.2) is 89.5 Å². The molecule has 26 heavy (non-hydrogen) atoms. The number of hydrogen-bond acceptors (Lipinski definition) is 4. The lowest BCUT2D eigenvalue weighted by Crippen LogP contribution is -2.37. The minimum atomic E-state index is -0.471. The molecular formula is C21H14N2O3. The van der Waals surface area contributed by atoms with Gasteiger partial charge in [-0.05, 0) is 36.4 Å². The molecule has 0 N–H and O–H groups in total. The van der Waals surface area contributed by atoms with Crippen molar-refractivity contribution in [3.05, 3.63) is 96.1 Å². The van der Waals surface area contributed by atoms with Crippen LogP contribution < -0.4 is 4.90 Å². The van der Waals surface area contributed by atoms with Crippen molar-refractivity contribution in [2.45, 2.75) is 0 Å². The second-order valence-electron chi connectivity index (χ2n) is 5.68. The van der Waals surface area contributed by atoms with Crippen molar-refractivity contribution in [3.63, 3.8) is 0 Å². The van der Waals surface area contributed by atoms with E-state index in [1.165, 1.54) is 0 Å². The van der Waals surface area contributed by atoms with Crippen LogP contribution in [-0.2, 0) is 0 Å². The molecule has 0 aliphatic carbocycles. The van der Waals surface area contributed by atoms with Gasteiger partial charge in [0.1, 0.15) is 5.52 Å². The molecule has 126 valence electrons.